The van der Waals surface area contributed by atoms with Crippen molar-refractivity contribution in [1.82, 2.24) is 15.6 Å². The summed E-state index contributed by atoms with van der Waals surface area (Å²) in [5.41, 5.74) is 1.13. The van der Waals surface area contributed by atoms with Gasteiger partial charge in [0.15, 0.2) is 5.96 Å². The molecule has 0 aliphatic rings. The summed E-state index contributed by atoms with van der Waals surface area (Å²) in [6.45, 7) is 3.81. The molecule has 0 bridgehead atoms. The Labute approximate surface area is 134 Å². The minimum atomic E-state index is 0.829. The van der Waals surface area contributed by atoms with Gasteiger partial charge in [-0.3, -0.25) is 4.99 Å². The molecular weight excluding hydrogens is 300 g/mol. The van der Waals surface area contributed by atoms with Gasteiger partial charge < -0.3 is 10.6 Å². The molecule has 0 aliphatic carbocycles. The zero-order valence-corrected chi connectivity index (χ0v) is 14.2. The second-order valence-corrected chi connectivity index (χ2v) is 6.75. The minimum absolute atomic E-state index is 0.829. The van der Waals surface area contributed by atoms with Crippen LogP contribution in [-0.4, -0.2) is 24.5 Å². The predicted octanol–water partition coefficient (Wildman–Crippen LogP) is 3.20. The molecule has 0 atom stereocenters. The van der Waals surface area contributed by atoms with Gasteiger partial charge in [0.05, 0.1) is 11.6 Å². The largest absolute Gasteiger partial charge is 0.356 e. The standard InChI is InChI=1S/C15H22N4S2/c1-12-11-21-14(19-12)7-3-4-8-17-15(16-2)18-10-13-6-5-9-20-13/h5-6,9,11H,3-4,7-8,10H2,1-2H3,(H2,16,17,18). The van der Waals surface area contributed by atoms with Gasteiger partial charge in [0.2, 0.25) is 0 Å². The van der Waals surface area contributed by atoms with Gasteiger partial charge in [0.1, 0.15) is 0 Å². The van der Waals surface area contributed by atoms with Crippen molar-refractivity contribution < 1.29 is 0 Å². The van der Waals surface area contributed by atoms with E-state index in [4.69, 9.17) is 0 Å². The van der Waals surface area contributed by atoms with Crippen molar-refractivity contribution in [2.45, 2.75) is 32.7 Å². The molecule has 2 N–H and O–H groups in total. The Morgan fingerprint density at radius 2 is 2.19 bits per heavy atom. The summed E-state index contributed by atoms with van der Waals surface area (Å²) in [5.74, 6) is 0.869. The maximum absolute atomic E-state index is 4.48. The normalized spacial score (nSPS) is 11.6. The molecule has 0 fully saturated rings. The first-order valence-corrected chi connectivity index (χ1v) is 8.92. The molecule has 0 unspecified atom stereocenters. The lowest BCUT2D eigenvalue weighted by Crippen LogP contribution is -2.37. The fourth-order valence-corrected chi connectivity index (χ4v) is 3.39. The zero-order chi connectivity index (χ0) is 14.9. The van der Waals surface area contributed by atoms with E-state index in [2.05, 4.69) is 43.5 Å². The number of guanidine groups is 1. The van der Waals surface area contributed by atoms with Gasteiger partial charge in [-0.2, -0.15) is 0 Å². The van der Waals surface area contributed by atoms with Crippen molar-refractivity contribution in [3.8, 4) is 0 Å². The Bertz CT molecular complexity index is 546. The second-order valence-electron chi connectivity index (χ2n) is 4.77. The first kappa shape index (κ1) is 16.0. The highest BCUT2D eigenvalue weighted by molar-refractivity contribution is 7.10. The Morgan fingerprint density at radius 1 is 1.29 bits per heavy atom. The van der Waals surface area contributed by atoms with Crippen LogP contribution in [0, 0.1) is 6.92 Å². The number of hydrogen-bond acceptors (Lipinski definition) is 4. The van der Waals surface area contributed by atoms with Crippen LogP contribution in [0.25, 0.3) is 0 Å². The van der Waals surface area contributed by atoms with Crippen LogP contribution in [0.4, 0.5) is 0 Å². The maximum atomic E-state index is 4.48. The van der Waals surface area contributed by atoms with Crippen LogP contribution >= 0.6 is 22.7 Å². The molecule has 2 rings (SSSR count). The van der Waals surface area contributed by atoms with E-state index in [-0.39, 0.29) is 0 Å². The molecule has 114 valence electrons. The molecule has 6 heteroatoms. The molecule has 0 saturated carbocycles. The first-order chi connectivity index (χ1) is 10.3. The third-order valence-corrected chi connectivity index (χ3v) is 4.91. The van der Waals surface area contributed by atoms with E-state index in [0.717, 1.165) is 44.0 Å². The Kier molecular flexibility index (Phi) is 6.69. The van der Waals surface area contributed by atoms with Crippen molar-refractivity contribution in [3.05, 3.63) is 38.5 Å². The van der Waals surface area contributed by atoms with E-state index < -0.39 is 0 Å². The summed E-state index contributed by atoms with van der Waals surface area (Å²) in [6, 6.07) is 4.19. The molecule has 0 saturated heterocycles. The summed E-state index contributed by atoms with van der Waals surface area (Å²) >= 11 is 3.51. The number of thiophene rings is 1. The smallest absolute Gasteiger partial charge is 0.191 e. The summed E-state index contributed by atoms with van der Waals surface area (Å²) in [6.07, 6.45) is 3.35. The molecular formula is C15H22N4S2. The van der Waals surface area contributed by atoms with Gasteiger partial charge in [-0.15, -0.1) is 22.7 Å². The lowest BCUT2D eigenvalue weighted by Gasteiger charge is -2.10. The predicted molar refractivity (Wildman–Crippen MR) is 92.3 cm³/mol. The number of unbranched alkanes of at least 4 members (excludes halogenated alkanes) is 1. The third kappa shape index (κ3) is 5.85. The highest BCUT2D eigenvalue weighted by atomic mass is 32.1. The lowest BCUT2D eigenvalue weighted by atomic mass is 10.2. The van der Waals surface area contributed by atoms with Crippen molar-refractivity contribution >= 4 is 28.6 Å². The summed E-state index contributed by atoms with van der Waals surface area (Å²) < 4.78 is 0. The van der Waals surface area contributed by atoms with Gasteiger partial charge in [0, 0.05) is 29.5 Å². The molecule has 0 aromatic carbocycles. The Morgan fingerprint density at radius 3 is 2.86 bits per heavy atom. The SMILES string of the molecule is CN=C(NCCCCc1nc(C)cs1)NCc1cccs1. The van der Waals surface area contributed by atoms with Gasteiger partial charge in [-0.1, -0.05) is 6.07 Å². The topological polar surface area (TPSA) is 49.3 Å². The number of aliphatic imine (C=N–C) groups is 1. The van der Waals surface area contributed by atoms with E-state index in [1.807, 2.05) is 14.0 Å². The molecule has 0 aliphatic heterocycles. The highest BCUT2D eigenvalue weighted by Crippen LogP contribution is 2.11. The minimum Gasteiger partial charge on any atom is -0.356 e. The van der Waals surface area contributed by atoms with E-state index in [1.54, 1.807) is 22.7 Å². The van der Waals surface area contributed by atoms with E-state index in [0.29, 0.717) is 0 Å². The van der Waals surface area contributed by atoms with Gasteiger partial charge in [-0.05, 0) is 37.6 Å². The number of aryl methyl sites for hydroxylation is 2. The third-order valence-electron chi connectivity index (χ3n) is 3.01. The molecule has 2 aromatic rings. The maximum Gasteiger partial charge on any atom is 0.191 e. The second kappa shape index (κ2) is 8.79. The van der Waals surface area contributed by atoms with Crippen molar-refractivity contribution in [2.75, 3.05) is 13.6 Å². The zero-order valence-electron chi connectivity index (χ0n) is 12.6. The van der Waals surface area contributed by atoms with Crippen LogP contribution in [0.15, 0.2) is 27.9 Å². The van der Waals surface area contributed by atoms with Crippen LogP contribution in [0.3, 0.4) is 0 Å². The fraction of sp³-hybridized carbons (Fsp3) is 0.467. The first-order valence-electron chi connectivity index (χ1n) is 7.16. The molecule has 0 amide bonds. The summed E-state index contributed by atoms with van der Waals surface area (Å²) in [4.78, 5) is 10.0. The number of hydrogen-bond donors (Lipinski definition) is 2. The number of nitrogens with one attached hydrogen (secondary N) is 2. The average Bonchev–Trinajstić information content (AvgIpc) is 3.13. The molecule has 2 heterocycles. The quantitative estimate of drug-likeness (QED) is 0.467. The van der Waals surface area contributed by atoms with Gasteiger partial charge in [-0.25, -0.2) is 4.98 Å². The van der Waals surface area contributed by atoms with Crippen LogP contribution in [0.1, 0.15) is 28.4 Å². The van der Waals surface area contributed by atoms with Gasteiger partial charge >= 0.3 is 0 Å². The molecule has 2 aromatic heterocycles. The Balaban J connectivity index is 1.58. The van der Waals surface area contributed by atoms with Crippen molar-refractivity contribution in [1.29, 1.82) is 0 Å². The number of aromatic nitrogens is 1. The van der Waals surface area contributed by atoms with E-state index in [1.165, 1.54) is 9.88 Å². The number of rotatable bonds is 7. The fourth-order valence-electron chi connectivity index (χ4n) is 1.93. The summed E-state index contributed by atoms with van der Waals surface area (Å²) in [5, 5.41) is 12.1. The average molecular weight is 323 g/mol. The molecule has 4 nitrogen and oxygen atoms in total. The van der Waals surface area contributed by atoms with E-state index in [9.17, 15) is 0 Å². The summed E-state index contributed by atoms with van der Waals surface area (Å²) in [7, 11) is 1.81. The Hall–Kier alpha value is -1.40. The van der Waals surface area contributed by atoms with E-state index >= 15 is 0 Å². The lowest BCUT2D eigenvalue weighted by molar-refractivity contribution is 0.692. The number of nitrogens with zero attached hydrogens (tertiary/aromatic N) is 2. The molecule has 0 spiro atoms. The molecule has 21 heavy (non-hydrogen) atoms. The van der Waals surface area contributed by atoms with Crippen LogP contribution < -0.4 is 10.6 Å². The van der Waals surface area contributed by atoms with Crippen LogP contribution in [0.2, 0.25) is 0 Å². The van der Waals surface area contributed by atoms with Crippen LogP contribution in [-0.2, 0) is 13.0 Å². The van der Waals surface area contributed by atoms with Crippen molar-refractivity contribution in [2.24, 2.45) is 4.99 Å². The van der Waals surface area contributed by atoms with Crippen molar-refractivity contribution in [3.63, 3.8) is 0 Å². The highest BCUT2D eigenvalue weighted by Gasteiger charge is 2.00. The number of thiazole rings is 1. The van der Waals surface area contributed by atoms with Gasteiger partial charge in [0.25, 0.3) is 0 Å². The van der Waals surface area contributed by atoms with Crippen LogP contribution in [0.5, 0.6) is 0 Å². The monoisotopic (exact) mass is 322 g/mol. The molecule has 0 radical (unpaired) electrons.